The third kappa shape index (κ3) is 2.28. The Hall–Kier alpha value is -1.67. The first kappa shape index (κ1) is 10.8. The molecule has 0 radical (unpaired) electrons. The molecule has 82 valence electrons. The van der Waals surface area contributed by atoms with E-state index in [1.807, 2.05) is 48.5 Å². The van der Waals surface area contributed by atoms with E-state index in [1.165, 1.54) is 0 Å². The molecule has 0 aliphatic carbocycles. The first-order valence-corrected chi connectivity index (χ1v) is 5.33. The molecule has 2 nitrogen and oxygen atoms in total. The molecule has 2 aromatic rings. The number of benzene rings is 2. The minimum absolute atomic E-state index is 0.642. The van der Waals surface area contributed by atoms with Crippen LogP contribution < -0.4 is 10.1 Å². The van der Waals surface area contributed by atoms with Crippen LogP contribution in [0.2, 0.25) is 5.02 Å². The summed E-state index contributed by atoms with van der Waals surface area (Å²) in [5, 5.41) is 3.88. The van der Waals surface area contributed by atoms with Crippen LogP contribution in [-0.4, -0.2) is 7.11 Å². The largest absolute Gasteiger partial charge is 0.495 e. The van der Waals surface area contributed by atoms with E-state index in [1.54, 1.807) is 7.11 Å². The molecule has 0 saturated carbocycles. The number of methoxy groups -OCH3 is 1. The van der Waals surface area contributed by atoms with Gasteiger partial charge in [0.05, 0.1) is 12.1 Å². The van der Waals surface area contributed by atoms with Gasteiger partial charge in [0.25, 0.3) is 0 Å². The van der Waals surface area contributed by atoms with Crippen molar-refractivity contribution in [2.45, 2.75) is 0 Å². The summed E-state index contributed by atoms with van der Waals surface area (Å²) in [5.74, 6) is 0.733. The quantitative estimate of drug-likeness (QED) is 0.862. The third-order valence-electron chi connectivity index (χ3n) is 2.24. The molecule has 0 bridgehead atoms. The van der Waals surface area contributed by atoms with Gasteiger partial charge < -0.3 is 10.1 Å². The van der Waals surface area contributed by atoms with Crippen molar-refractivity contribution in [2.75, 3.05) is 12.4 Å². The lowest BCUT2D eigenvalue weighted by atomic mass is 10.2. The maximum absolute atomic E-state index is 6.12. The maximum Gasteiger partial charge on any atom is 0.143 e. The Labute approximate surface area is 99.8 Å². The number of nitrogens with one attached hydrogen (secondary N) is 1. The molecule has 0 heterocycles. The molecule has 0 spiro atoms. The number of ether oxygens (including phenoxy) is 1. The van der Waals surface area contributed by atoms with Gasteiger partial charge in [0.15, 0.2) is 0 Å². The number of hydrogen-bond acceptors (Lipinski definition) is 2. The number of anilines is 2. The van der Waals surface area contributed by atoms with Gasteiger partial charge in [-0.25, -0.2) is 0 Å². The van der Waals surface area contributed by atoms with E-state index in [0.717, 1.165) is 17.1 Å². The van der Waals surface area contributed by atoms with Crippen molar-refractivity contribution in [3.63, 3.8) is 0 Å². The molecule has 0 aliphatic rings. The summed E-state index contributed by atoms with van der Waals surface area (Å²) in [4.78, 5) is 0. The normalized spacial score (nSPS) is 9.88. The van der Waals surface area contributed by atoms with E-state index in [2.05, 4.69) is 5.32 Å². The maximum atomic E-state index is 6.12. The Balaban J connectivity index is 2.34. The molecule has 0 amide bonds. The van der Waals surface area contributed by atoms with E-state index in [0.29, 0.717) is 5.02 Å². The molecule has 16 heavy (non-hydrogen) atoms. The van der Waals surface area contributed by atoms with Gasteiger partial charge in [0, 0.05) is 5.69 Å². The second-order valence-electron chi connectivity index (χ2n) is 3.31. The van der Waals surface area contributed by atoms with Gasteiger partial charge in [-0.3, -0.25) is 0 Å². The van der Waals surface area contributed by atoms with E-state index >= 15 is 0 Å². The molecule has 0 saturated heterocycles. The molecule has 0 atom stereocenters. The summed E-state index contributed by atoms with van der Waals surface area (Å²) in [6.45, 7) is 0. The molecule has 3 heteroatoms. The first-order valence-electron chi connectivity index (χ1n) is 4.96. The van der Waals surface area contributed by atoms with Gasteiger partial charge in [0.1, 0.15) is 11.4 Å². The zero-order valence-corrected chi connectivity index (χ0v) is 9.66. The molecule has 2 aromatic carbocycles. The molecule has 0 fully saturated rings. The molecule has 0 unspecified atom stereocenters. The summed E-state index contributed by atoms with van der Waals surface area (Å²) in [5.41, 5.74) is 1.77. The number of para-hydroxylation sites is 2. The van der Waals surface area contributed by atoms with Crippen molar-refractivity contribution in [3.8, 4) is 5.75 Å². The summed E-state index contributed by atoms with van der Waals surface area (Å²) >= 11 is 6.12. The Morgan fingerprint density at radius 2 is 1.75 bits per heavy atom. The van der Waals surface area contributed by atoms with Gasteiger partial charge >= 0.3 is 0 Å². The fourth-order valence-corrected chi connectivity index (χ4v) is 1.67. The van der Waals surface area contributed by atoms with Crippen molar-refractivity contribution in [2.24, 2.45) is 0 Å². The zero-order chi connectivity index (χ0) is 11.4. The van der Waals surface area contributed by atoms with Crippen LogP contribution in [0.15, 0.2) is 48.5 Å². The van der Waals surface area contributed by atoms with Crippen LogP contribution in [0.25, 0.3) is 0 Å². The Kier molecular flexibility index (Phi) is 3.32. The predicted octanol–water partition coefficient (Wildman–Crippen LogP) is 4.09. The fourth-order valence-electron chi connectivity index (χ4n) is 1.46. The van der Waals surface area contributed by atoms with E-state index in [9.17, 15) is 0 Å². The number of rotatable bonds is 3. The highest BCUT2D eigenvalue weighted by atomic mass is 35.5. The minimum atomic E-state index is 0.642. The molecule has 1 N–H and O–H groups in total. The van der Waals surface area contributed by atoms with Crippen molar-refractivity contribution in [1.29, 1.82) is 0 Å². The second-order valence-corrected chi connectivity index (χ2v) is 3.72. The highest BCUT2D eigenvalue weighted by Crippen LogP contribution is 2.34. The zero-order valence-electron chi connectivity index (χ0n) is 8.91. The van der Waals surface area contributed by atoms with Gasteiger partial charge in [-0.1, -0.05) is 35.9 Å². The van der Waals surface area contributed by atoms with Crippen LogP contribution in [0.5, 0.6) is 5.75 Å². The van der Waals surface area contributed by atoms with Crippen molar-refractivity contribution >= 4 is 23.0 Å². The summed E-state index contributed by atoms with van der Waals surface area (Å²) in [6.07, 6.45) is 0. The van der Waals surface area contributed by atoms with Gasteiger partial charge in [-0.15, -0.1) is 0 Å². The molecule has 0 aliphatic heterocycles. The Morgan fingerprint density at radius 3 is 2.44 bits per heavy atom. The highest BCUT2D eigenvalue weighted by molar-refractivity contribution is 6.33. The van der Waals surface area contributed by atoms with Gasteiger partial charge in [-0.2, -0.15) is 0 Å². The smallest absolute Gasteiger partial charge is 0.143 e. The lowest BCUT2D eigenvalue weighted by Gasteiger charge is -2.12. The van der Waals surface area contributed by atoms with Crippen LogP contribution in [0.4, 0.5) is 11.4 Å². The lowest BCUT2D eigenvalue weighted by molar-refractivity contribution is 0.417. The molecule has 2 rings (SSSR count). The van der Waals surface area contributed by atoms with Crippen LogP contribution in [-0.2, 0) is 0 Å². The van der Waals surface area contributed by atoms with Crippen LogP contribution >= 0.6 is 11.6 Å². The summed E-state index contributed by atoms with van der Waals surface area (Å²) in [6, 6.07) is 15.4. The second kappa shape index (κ2) is 4.90. The van der Waals surface area contributed by atoms with Crippen LogP contribution in [0, 0.1) is 0 Å². The molecule has 0 aromatic heterocycles. The molecular formula is C13H12ClNO. The fraction of sp³-hybridized carbons (Fsp3) is 0.0769. The van der Waals surface area contributed by atoms with Crippen molar-refractivity contribution in [3.05, 3.63) is 53.6 Å². The highest BCUT2D eigenvalue weighted by Gasteiger charge is 2.06. The van der Waals surface area contributed by atoms with E-state index in [-0.39, 0.29) is 0 Å². The van der Waals surface area contributed by atoms with Crippen molar-refractivity contribution < 1.29 is 4.74 Å². The van der Waals surface area contributed by atoms with Gasteiger partial charge in [0.2, 0.25) is 0 Å². The monoisotopic (exact) mass is 233 g/mol. The SMILES string of the molecule is COc1cccc(Cl)c1Nc1ccccc1. The van der Waals surface area contributed by atoms with Crippen LogP contribution in [0.3, 0.4) is 0 Å². The number of halogens is 1. The number of hydrogen-bond donors (Lipinski definition) is 1. The van der Waals surface area contributed by atoms with E-state index in [4.69, 9.17) is 16.3 Å². The lowest BCUT2D eigenvalue weighted by Crippen LogP contribution is -1.95. The summed E-state index contributed by atoms with van der Waals surface area (Å²) in [7, 11) is 1.63. The molecular weight excluding hydrogens is 222 g/mol. The predicted molar refractivity (Wildman–Crippen MR) is 67.7 cm³/mol. The van der Waals surface area contributed by atoms with E-state index < -0.39 is 0 Å². The summed E-state index contributed by atoms with van der Waals surface area (Å²) < 4.78 is 5.25. The third-order valence-corrected chi connectivity index (χ3v) is 2.55. The first-order chi connectivity index (χ1) is 7.81. The average molecular weight is 234 g/mol. The van der Waals surface area contributed by atoms with Crippen molar-refractivity contribution in [1.82, 2.24) is 0 Å². The van der Waals surface area contributed by atoms with Crippen LogP contribution in [0.1, 0.15) is 0 Å². The minimum Gasteiger partial charge on any atom is -0.495 e. The Bertz CT molecular complexity index is 471. The Morgan fingerprint density at radius 1 is 1.00 bits per heavy atom. The average Bonchev–Trinajstić information content (AvgIpc) is 2.33. The van der Waals surface area contributed by atoms with Gasteiger partial charge in [-0.05, 0) is 24.3 Å². The topological polar surface area (TPSA) is 21.3 Å². The standard InChI is InChI=1S/C13H12ClNO/c1-16-12-9-5-8-11(14)13(12)15-10-6-3-2-4-7-10/h2-9,15H,1H3.